The maximum atomic E-state index is 9.49. The van der Waals surface area contributed by atoms with Crippen LogP contribution in [0.1, 0.15) is 0 Å². The Balaban J connectivity index is 2.79. The fourth-order valence-corrected chi connectivity index (χ4v) is 1.59. The molecule has 6 heteroatoms. The molecule has 5 nitrogen and oxygen atoms in total. The third-order valence-electron chi connectivity index (χ3n) is 2.22. The molecule has 0 aliphatic carbocycles. The van der Waals surface area contributed by atoms with Crippen molar-refractivity contribution in [3.8, 4) is 0 Å². The van der Waals surface area contributed by atoms with Crippen LogP contribution < -0.4 is 0 Å². The molecule has 13 heavy (non-hydrogen) atoms. The summed E-state index contributed by atoms with van der Waals surface area (Å²) in [4.78, 5) is 0. The molecular formula is C7H13ClO5. The Labute approximate surface area is 80.8 Å². The molecule has 0 bridgehead atoms. The number of aliphatic hydroxyl groups is 3. The largest absolute Gasteiger partial charge is 0.391 e. The van der Waals surface area contributed by atoms with Crippen LogP contribution in [0, 0.1) is 0 Å². The lowest BCUT2D eigenvalue weighted by Gasteiger charge is -2.27. The van der Waals surface area contributed by atoms with E-state index in [1.165, 1.54) is 7.11 Å². The summed E-state index contributed by atoms with van der Waals surface area (Å²) in [6.45, 7) is -0.533. The Morgan fingerprint density at radius 1 is 1.54 bits per heavy atom. The molecule has 1 aliphatic heterocycles. The van der Waals surface area contributed by atoms with Gasteiger partial charge in [-0.1, -0.05) is 0 Å². The average Bonchev–Trinajstić information content (AvgIpc) is 2.42. The van der Waals surface area contributed by atoms with Gasteiger partial charge in [0.2, 0.25) is 5.79 Å². The first-order valence-electron chi connectivity index (χ1n) is 3.87. The summed E-state index contributed by atoms with van der Waals surface area (Å²) >= 11 is 5.48. The van der Waals surface area contributed by atoms with E-state index in [9.17, 15) is 10.2 Å². The topological polar surface area (TPSA) is 79.2 Å². The molecule has 3 N–H and O–H groups in total. The van der Waals surface area contributed by atoms with E-state index in [2.05, 4.69) is 0 Å². The van der Waals surface area contributed by atoms with E-state index in [1.807, 2.05) is 0 Å². The van der Waals surface area contributed by atoms with Gasteiger partial charge in [0.25, 0.3) is 0 Å². The lowest BCUT2D eigenvalue weighted by molar-refractivity contribution is -0.259. The van der Waals surface area contributed by atoms with Crippen LogP contribution in [0.25, 0.3) is 0 Å². The van der Waals surface area contributed by atoms with Gasteiger partial charge in [0.1, 0.15) is 24.9 Å². The lowest BCUT2D eigenvalue weighted by Crippen LogP contribution is -2.47. The average molecular weight is 213 g/mol. The van der Waals surface area contributed by atoms with Gasteiger partial charge in [-0.25, -0.2) is 0 Å². The van der Waals surface area contributed by atoms with Gasteiger partial charge in [-0.05, 0) is 0 Å². The Kier molecular flexibility index (Phi) is 3.50. The van der Waals surface area contributed by atoms with E-state index in [0.717, 1.165) is 0 Å². The summed E-state index contributed by atoms with van der Waals surface area (Å²) in [5, 5.41) is 27.8. The highest BCUT2D eigenvalue weighted by molar-refractivity contribution is 6.18. The molecule has 1 rings (SSSR count). The van der Waals surface area contributed by atoms with E-state index in [4.69, 9.17) is 26.2 Å². The zero-order chi connectivity index (χ0) is 10.1. The van der Waals surface area contributed by atoms with Gasteiger partial charge >= 0.3 is 0 Å². The smallest absolute Gasteiger partial charge is 0.221 e. The van der Waals surface area contributed by atoms with Crippen LogP contribution in [0.3, 0.4) is 0 Å². The fraction of sp³-hybridized carbons (Fsp3) is 1.00. The van der Waals surface area contributed by atoms with Crippen molar-refractivity contribution >= 4 is 11.6 Å². The molecule has 0 saturated carbocycles. The van der Waals surface area contributed by atoms with E-state index < -0.39 is 30.7 Å². The summed E-state index contributed by atoms with van der Waals surface area (Å²) in [5.74, 6) is -1.51. The maximum absolute atomic E-state index is 9.49. The molecule has 0 amide bonds. The highest BCUT2D eigenvalue weighted by Gasteiger charge is 2.54. The molecule has 1 saturated heterocycles. The number of ether oxygens (including phenoxy) is 2. The number of methoxy groups -OCH3 is 1. The molecule has 1 heterocycles. The Morgan fingerprint density at radius 3 is 2.38 bits per heavy atom. The van der Waals surface area contributed by atoms with Gasteiger partial charge in [0.05, 0.1) is 5.88 Å². The molecular weight excluding hydrogens is 200 g/mol. The van der Waals surface area contributed by atoms with Crippen LogP contribution in [0.5, 0.6) is 0 Å². The first kappa shape index (κ1) is 11.2. The van der Waals surface area contributed by atoms with E-state index in [0.29, 0.717) is 0 Å². The van der Waals surface area contributed by atoms with E-state index in [-0.39, 0.29) is 5.88 Å². The number of alkyl halides is 1. The quantitative estimate of drug-likeness (QED) is 0.506. The number of halogens is 1. The molecule has 0 aromatic rings. The molecule has 0 radical (unpaired) electrons. The fourth-order valence-electron chi connectivity index (χ4n) is 1.35. The normalized spacial score (nSPS) is 45.5. The summed E-state index contributed by atoms with van der Waals surface area (Å²) in [5.41, 5.74) is 0. The number of hydrogen-bond acceptors (Lipinski definition) is 5. The zero-order valence-electron chi connectivity index (χ0n) is 7.18. The van der Waals surface area contributed by atoms with Crippen molar-refractivity contribution in [2.45, 2.75) is 24.1 Å². The summed E-state index contributed by atoms with van der Waals surface area (Å²) in [6.07, 6.45) is -3.14. The highest BCUT2D eigenvalue weighted by Crippen LogP contribution is 2.32. The Morgan fingerprint density at radius 2 is 2.15 bits per heavy atom. The second-order valence-corrected chi connectivity index (χ2v) is 3.23. The molecule has 4 atom stereocenters. The standard InChI is InChI=1S/C7H13ClO5/c1-12-7(3-9)6(11)5(10)4(2-8)13-7/h4-6,9-11H,2-3H2,1H3/t4-,5-,6+,7-/m1/s1. The van der Waals surface area contributed by atoms with Gasteiger partial charge in [0, 0.05) is 7.11 Å². The van der Waals surface area contributed by atoms with Gasteiger partial charge in [-0.3, -0.25) is 0 Å². The van der Waals surface area contributed by atoms with E-state index >= 15 is 0 Å². The SMILES string of the molecule is CO[C@]1(CO)O[C@H](CCl)[C@@H](O)[C@@H]1O. The van der Waals surface area contributed by atoms with Crippen LogP contribution in [0.4, 0.5) is 0 Å². The van der Waals surface area contributed by atoms with Crippen molar-refractivity contribution in [1.29, 1.82) is 0 Å². The van der Waals surface area contributed by atoms with Crippen LogP contribution in [0.2, 0.25) is 0 Å². The van der Waals surface area contributed by atoms with Gasteiger partial charge < -0.3 is 24.8 Å². The van der Waals surface area contributed by atoms with Gasteiger partial charge in [0.15, 0.2) is 0 Å². The highest BCUT2D eigenvalue weighted by atomic mass is 35.5. The molecule has 0 spiro atoms. The van der Waals surface area contributed by atoms with Crippen molar-refractivity contribution in [2.24, 2.45) is 0 Å². The first-order valence-corrected chi connectivity index (χ1v) is 4.40. The van der Waals surface area contributed by atoms with E-state index in [1.54, 1.807) is 0 Å². The molecule has 1 aliphatic rings. The molecule has 78 valence electrons. The van der Waals surface area contributed by atoms with Crippen LogP contribution in [-0.4, -0.2) is 59.0 Å². The number of hydrogen-bond donors (Lipinski definition) is 3. The summed E-state index contributed by atoms with van der Waals surface area (Å²) < 4.78 is 9.94. The van der Waals surface area contributed by atoms with Crippen molar-refractivity contribution in [1.82, 2.24) is 0 Å². The number of aliphatic hydroxyl groups excluding tert-OH is 3. The lowest BCUT2D eigenvalue weighted by atomic mass is 10.1. The Bertz CT molecular complexity index is 172. The monoisotopic (exact) mass is 212 g/mol. The minimum atomic E-state index is -1.54. The van der Waals surface area contributed by atoms with Crippen molar-refractivity contribution < 1.29 is 24.8 Å². The number of rotatable bonds is 3. The second kappa shape index (κ2) is 4.08. The molecule has 0 aromatic carbocycles. The van der Waals surface area contributed by atoms with Crippen LogP contribution in [0.15, 0.2) is 0 Å². The van der Waals surface area contributed by atoms with Crippen LogP contribution in [-0.2, 0) is 9.47 Å². The Hall–Kier alpha value is 0.0900. The predicted octanol–water partition coefficient (Wildman–Crippen LogP) is -1.32. The third-order valence-corrected chi connectivity index (χ3v) is 2.53. The maximum Gasteiger partial charge on any atom is 0.221 e. The summed E-state index contributed by atoms with van der Waals surface area (Å²) in [6, 6.07) is 0. The minimum absolute atomic E-state index is 0.0311. The van der Waals surface area contributed by atoms with Crippen molar-refractivity contribution in [3.63, 3.8) is 0 Å². The minimum Gasteiger partial charge on any atom is -0.391 e. The molecule has 0 aromatic heterocycles. The predicted molar refractivity (Wildman–Crippen MR) is 44.4 cm³/mol. The zero-order valence-corrected chi connectivity index (χ0v) is 7.94. The molecule has 1 fully saturated rings. The van der Waals surface area contributed by atoms with Crippen molar-refractivity contribution in [2.75, 3.05) is 19.6 Å². The van der Waals surface area contributed by atoms with Crippen LogP contribution >= 0.6 is 11.6 Å². The third kappa shape index (κ3) is 1.68. The summed E-state index contributed by atoms with van der Waals surface area (Å²) in [7, 11) is 1.28. The van der Waals surface area contributed by atoms with Gasteiger partial charge in [-0.15, -0.1) is 11.6 Å². The first-order chi connectivity index (χ1) is 6.11. The van der Waals surface area contributed by atoms with Crippen molar-refractivity contribution in [3.05, 3.63) is 0 Å². The second-order valence-electron chi connectivity index (χ2n) is 2.92. The molecule has 0 unspecified atom stereocenters. The van der Waals surface area contributed by atoms with Gasteiger partial charge in [-0.2, -0.15) is 0 Å².